The van der Waals surface area contributed by atoms with Crippen LogP contribution in [0.1, 0.15) is 27.2 Å². The fourth-order valence-corrected chi connectivity index (χ4v) is 1.68. The molecule has 0 aliphatic carbocycles. The van der Waals surface area contributed by atoms with Crippen LogP contribution >= 0.6 is 0 Å². The minimum absolute atomic E-state index is 0.733. The zero-order valence-corrected chi connectivity index (χ0v) is 11.8. The molecule has 0 spiro atoms. The Balaban J connectivity index is 2.30. The molecule has 102 valence electrons. The molecule has 0 radical (unpaired) electrons. The largest absolute Gasteiger partial charge is 0.494 e. The van der Waals surface area contributed by atoms with Crippen LogP contribution in [-0.4, -0.2) is 37.7 Å². The monoisotopic (exact) mass is 251 g/mol. The number of hydrogen-bond acceptors (Lipinski definition) is 3. The quantitative estimate of drug-likeness (QED) is 0.673. The molecule has 0 aromatic heterocycles. The Labute approximate surface area is 111 Å². The van der Waals surface area contributed by atoms with Gasteiger partial charge in [-0.3, -0.25) is 0 Å². The highest BCUT2D eigenvalue weighted by Gasteiger charge is 2.00. The number of benzene rings is 1. The van der Waals surface area contributed by atoms with Crippen LogP contribution in [0.15, 0.2) is 24.3 Å². The van der Waals surface area contributed by atoms with Gasteiger partial charge in [-0.05, 0) is 43.8 Å². The van der Waals surface area contributed by atoms with Gasteiger partial charge < -0.3 is 14.4 Å². The molecule has 1 aromatic carbocycles. The van der Waals surface area contributed by atoms with Gasteiger partial charge in [0, 0.05) is 6.54 Å². The molecule has 0 fully saturated rings. The van der Waals surface area contributed by atoms with Crippen molar-refractivity contribution in [1.29, 1.82) is 0 Å². The van der Waals surface area contributed by atoms with Gasteiger partial charge in [-0.15, -0.1) is 0 Å². The average Bonchev–Trinajstić information content (AvgIpc) is 2.42. The molecule has 0 amide bonds. The highest BCUT2D eigenvalue weighted by Crippen LogP contribution is 2.17. The van der Waals surface area contributed by atoms with E-state index in [0.717, 1.165) is 50.8 Å². The molecule has 0 N–H and O–H groups in total. The molecule has 0 saturated carbocycles. The van der Waals surface area contributed by atoms with Crippen LogP contribution < -0.4 is 9.47 Å². The molecular formula is C15H25NO2. The van der Waals surface area contributed by atoms with E-state index in [1.165, 1.54) is 0 Å². The number of rotatable bonds is 9. The van der Waals surface area contributed by atoms with Crippen LogP contribution in [0.5, 0.6) is 11.5 Å². The lowest BCUT2D eigenvalue weighted by Gasteiger charge is -2.18. The predicted octanol–water partition coefficient (Wildman–Crippen LogP) is 3.20. The first-order valence-electron chi connectivity index (χ1n) is 6.88. The normalized spacial score (nSPS) is 10.7. The van der Waals surface area contributed by atoms with E-state index in [2.05, 4.69) is 25.7 Å². The summed E-state index contributed by atoms with van der Waals surface area (Å²) in [6, 6.07) is 7.85. The lowest BCUT2D eigenvalue weighted by atomic mass is 10.3. The van der Waals surface area contributed by atoms with Crippen LogP contribution in [0.25, 0.3) is 0 Å². The maximum absolute atomic E-state index is 5.70. The van der Waals surface area contributed by atoms with Crippen LogP contribution in [0.3, 0.4) is 0 Å². The van der Waals surface area contributed by atoms with Gasteiger partial charge in [0.15, 0.2) is 0 Å². The zero-order chi connectivity index (χ0) is 13.2. The van der Waals surface area contributed by atoms with Gasteiger partial charge in [0.05, 0.1) is 6.61 Å². The minimum atomic E-state index is 0.733. The fraction of sp³-hybridized carbons (Fsp3) is 0.600. The number of likely N-dealkylation sites (N-methyl/N-ethyl adjacent to an activating group) is 1. The van der Waals surface area contributed by atoms with Crippen molar-refractivity contribution >= 4 is 0 Å². The zero-order valence-electron chi connectivity index (χ0n) is 11.8. The minimum Gasteiger partial charge on any atom is -0.494 e. The summed E-state index contributed by atoms with van der Waals surface area (Å²) in [5.41, 5.74) is 0. The molecule has 18 heavy (non-hydrogen) atoms. The summed E-state index contributed by atoms with van der Waals surface area (Å²) in [7, 11) is 0. The molecule has 0 unspecified atom stereocenters. The van der Waals surface area contributed by atoms with Crippen molar-refractivity contribution in [3.05, 3.63) is 24.3 Å². The van der Waals surface area contributed by atoms with Crippen LogP contribution in [-0.2, 0) is 0 Å². The highest BCUT2D eigenvalue weighted by molar-refractivity contribution is 5.31. The summed E-state index contributed by atoms with van der Waals surface area (Å²) in [6.07, 6.45) is 1.03. The van der Waals surface area contributed by atoms with Gasteiger partial charge >= 0.3 is 0 Å². The van der Waals surface area contributed by atoms with Gasteiger partial charge in [0.25, 0.3) is 0 Å². The number of nitrogens with zero attached hydrogens (tertiary/aromatic N) is 1. The third-order valence-electron chi connectivity index (χ3n) is 2.87. The first-order chi connectivity index (χ1) is 8.80. The summed E-state index contributed by atoms with van der Waals surface area (Å²) in [5, 5.41) is 0. The van der Waals surface area contributed by atoms with E-state index in [1.807, 2.05) is 24.3 Å². The molecule has 3 heteroatoms. The Bertz CT molecular complexity index is 307. The summed E-state index contributed by atoms with van der Waals surface area (Å²) in [5.74, 6) is 1.82. The van der Waals surface area contributed by atoms with E-state index in [4.69, 9.17) is 9.47 Å². The third kappa shape index (κ3) is 5.41. The Morgan fingerprint density at radius 1 is 0.833 bits per heavy atom. The van der Waals surface area contributed by atoms with Gasteiger partial charge in [-0.2, -0.15) is 0 Å². The molecule has 0 atom stereocenters. The van der Waals surface area contributed by atoms with E-state index in [1.54, 1.807) is 0 Å². The summed E-state index contributed by atoms with van der Waals surface area (Å²) >= 11 is 0. The second kappa shape index (κ2) is 8.81. The summed E-state index contributed by atoms with van der Waals surface area (Å²) in [6.45, 7) is 11.1. The molecule has 0 saturated heterocycles. The third-order valence-corrected chi connectivity index (χ3v) is 2.87. The van der Waals surface area contributed by atoms with Crippen molar-refractivity contribution in [2.24, 2.45) is 0 Å². The van der Waals surface area contributed by atoms with Gasteiger partial charge in [0.2, 0.25) is 0 Å². The molecule has 0 aliphatic heterocycles. The first-order valence-corrected chi connectivity index (χ1v) is 6.88. The molecule has 0 aliphatic rings. The fourth-order valence-electron chi connectivity index (χ4n) is 1.68. The number of ether oxygens (including phenoxy) is 2. The SMILES string of the molecule is CCCOc1ccc(OCCN(CC)CC)cc1. The number of hydrogen-bond donors (Lipinski definition) is 0. The maximum atomic E-state index is 5.70. The average molecular weight is 251 g/mol. The second-order valence-electron chi connectivity index (χ2n) is 4.20. The second-order valence-corrected chi connectivity index (χ2v) is 4.20. The van der Waals surface area contributed by atoms with Crippen LogP contribution in [0.4, 0.5) is 0 Å². The predicted molar refractivity (Wildman–Crippen MR) is 75.5 cm³/mol. The standard InChI is InChI=1S/C15H25NO2/c1-4-12-17-14-7-9-15(10-8-14)18-13-11-16(5-2)6-3/h7-10H,4-6,11-13H2,1-3H3. The van der Waals surface area contributed by atoms with Crippen LogP contribution in [0.2, 0.25) is 0 Å². The Morgan fingerprint density at radius 3 is 1.78 bits per heavy atom. The van der Waals surface area contributed by atoms with E-state index in [-0.39, 0.29) is 0 Å². The highest BCUT2D eigenvalue weighted by atomic mass is 16.5. The van der Waals surface area contributed by atoms with E-state index < -0.39 is 0 Å². The van der Waals surface area contributed by atoms with E-state index in [0.29, 0.717) is 0 Å². The first kappa shape index (κ1) is 14.8. The van der Waals surface area contributed by atoms with Crippen molar-refractivity contribution in [2.45, 2.75) is 27.2 Å². The molecule has 1 rings (SSSR count). The van der Waals surface area contributed by atoms with Crippen LogP contribution in [0, 0.1) is 0 Å². The molecule has 0 bridgehead atoms. The lowest BCUT2D eigenvalue weighted by Crippen LogP contribution is -2.27. The van der Waals surface area contributed by atoms with Crippen molar-refractivity contribution < 1.29 is 9.47 Å². The maximum Gasteiger partial charge on any atom is 0.119 e. The van der Waals surface area contributed by atoms with Gasteiger partial charge in [-0.1, -0.05) is 20.8 Å². The van der Waals surface area contributed by atoms with Crippen molar-refractivity contribution in [1.82, 2.24) is 4.90 Å². The van der Waals surface area contributed by atoms with E-state index >= 15 is 0 Å². The molecular weight excluding hydrogens is 226 g/mol. The van der Waals surface area contributed by atoms with Crippen molar-refractivity contribution in [2.75, 3.05) is 32.8 Å². The molecule has 1 aromatic rings. The van der Waals surface area contributed by atoms with Gasteiger partial charge in [0.1, 0.15) is 18.1 Å². The Morgan fingerprint density at radius 2 is 1.33 bits per heavy atom. The van der Waals surface area contributed by atoms with Crippen molar-refractivity contribution in [3.8, 4) is 11.5 Å². The lowest BCUT2D eigenvalue weighted by molar-refractivity contribution is 0.222. The van der Waals surface area contributed by atoms with Gasteiger partial charge in [-0.25, -0.2) is 0 Å². The summed E-state index contributed by atoms with van der Waals surface area (Å²) in [4.78, 5) is 2.35. The molecule has 0 heterocycles. The summed E-state index contributed by atoms with van der Waals surface area (Å²) < 4.78 is 11.2. The Hall–Kier alpha value is -1.22. The smallest absolute Gasteiger partial charge is 0.119 e. The topological polar surface area (TPSA) is 21.7 Å². The van der Waals surface area contributed by atoms with E-state index in [9.17, 15) is 0 Å². The molecule has 3 nitrogen and oxygen atoms in total. The van der Waals surface area contributed by atoms with Crippen molar-refractivity contribution in [3.63, 3.8) is 0 Å². The Kier molecular flexibility index (Phi) is 7.26.